The molecule has 4 bridgehead atoms. The highest BCUT2D eigenvalue weighted by atomic mass is 16.7. The number of carbonyl (C=O) groups is 2. The normalized spacial score (nSPS) is 29.8. The second-order valence-corrected chi connectivity index (χ2v) is 14.2. The van der Waals surface area contributed by atoms with Crippen LogP contribution >= 0.6 is 0 Å². The van der Waals surface area contributed by atoms with E-state index in [9.17, 15) is 9.59 Å². The van der Waals surface area contributed by atoms with Crippen molar-refractivity contribution in [3.8, 4) is 5.75 Å². The number of likely N-dealkylation sites (tertiary alicyclic amines) is 1. The number of amides is 2. The summed E-state index contributed by atoms with van der Waals surface area (Å²) in [6.45, 7) is 4.17. The summed E-state index contributed by atoms with van der Waals surface area (Å²) in [6.07, 6.45) is 9.63. The predicted molar refractivity (Wildman–Crippen MR) is 171 cm³/mol. The van der Waals surface area contributed by atoms with Gasteiger partial charge in [0.2, 0.25) is 5.91 Å². The number of rotatable bonds is 6. The summed E-state index contributed by atoms with van der Waals surface area (Å²) in [7, 11) is 0. The number of para-hydroxylation sites is 2. The van der Waals surface area contributed by atoms with Crippen LogP contribution in [-0.4, -0.2) is 68.4 Å². The molecule has 9 heteroatoms. The molecule has 240 valence electrons. The van der Waals surface area contributed by atoms with E-state index in [1.807, 2.05) is 35.2 Å². The van der Waals surface area contributed by atoms with Gasteiger partial charge in [0.1, 0.15) is 11.9 Å². The zero-order valence-corrected chi connectivity index (χ0v) is 26.1. The predicted octanol–water partition coefficient (Wildman–Crippen LogP) is 5.91. The number of hydroxylamine groups is 1. The van der Waals surface area contributed by atoms with Gasteiger partial charge in [0.05, 0.1) is 17.9 Å². The lowest BCUT2D eigenvalue weighted by atomic mass is 9.54. The molecule has 0 aromatic heterocycles. The molecule has 9 nitrogen and oxygen atoms in total. The highest BCUT2D eigenvalue weighted by Crippen LogP contribution is 2.53. The Bertz CT molecular complexity index is 1340. The zero-order valence-electron chi connectivity index (χ0n) is 26.1. The second kappa shape index (κ2) is 12.4. The van der Waals surface area contributed by atoms with E-state index in [-0.39, 0.29) is 30.1 Å². The number of nitrogens with zero attached hydrogens (tertiary/aromatic N) is 3. The second-order valence-electron chi connectivity index (χ2n) is 14.2. The number of benzene rings is 2. The van der Waals surface area contributed by atoms with Gasteiger partial charge in [-0.3, -0.25) is 4.79 Å². The molecule has 3 heterocycles. The molecule has 0 atom stereocenters. The van der Waals surface area contributed by atoms with Gasteiger partial charge in [-0.25, -0.2) is 9.86 Å². The van der Waals surface area contributed by atoms with Gasteiger partial charge in [0, 0.05) is 63.3 Å². The van der Waals surface area contributed by atoms with Gasteiger partial charge >= 0.3 is 6.09 Å². The Balaban J connectivity index is 0.863. The fourth-order valence-corrected chi connectivity index (χ4v) is 9.42. The summed E-state index contributed by atoms with van der Waals surface area (Å²) < 4.78 is 11.8. The molecule has 9 rings (SSSR count). The lowest BCUT2D eigenvalue weighted by Gasteiger charge is -2.54. The maximum absolute atomic E-state index is 13.2. The highest BCUT2D eigenvalue weighted by Gasteiger charge is 2.49. The molecule has 4 saturated carbocycles. The van der Waals surface area contributed by atoms with E-state index in [2.05, 4.69) is 28.4 Å². The van der Waals surface area contributed by atoms with Crippen molar-refractivity contribution >= 4 is 29.1 Å². The third-order valence-electron chi connectivity index (χ3n) is 11.4. The lowest BCUT2D eigenvalue weighted by molar-refractivity contribution is -0.140. The first-order chi connectivity index (χ1) is 22.1. The summed E-state index contributed by atoms with van der Waals surface area (Å²) in [4.78, 5) is 36.3. The minimum Gasteiger partial charge on any atom is -0.490 e. The van der Waals surface area contributed by atoms with Crippen molar-refractivity contribution in [3.63, 3.8) is 0 Å². The average Bonchev–Trinajstić information content (AvgIpc) is 3.07. The van der Waals surface area contributed by atoms with Gasteiger partial charge in [-0.2, -0.15) is 0 Å². The summed E-state index contributed by atoms with van der Waals surface area (Å²) in [5, 5.41) is 5.05. The Labute approximate surface area is 266 Å². The van der Waals surface area contributed by atoms with Crippen molar-refractivity contribution in [3.05, 3.63) is 48.5 Å². The maximum Gasteiger partial charge on any atom is 0.431 e. The molecular formula is C36H46N4O5. The molecule has 0 radical (unpaired) electrons. The number of hydrogen-bond donors (Lipinski definition) is 1. The van der Waals surface area contributed by atoms with E-state index in [0.29, 0.717) is 38.1 Å². The zero-order chi connectivity index (χ0) is 30.3. The Kier molecular flexibility index (Phi) is 7.97. The van der Waals surface area contributed by atoms with Crippen molar-refractivity contribution in [2.75, 3.05) is 49.4 Å². The van der Waals surface area contributed by atoms with Crippen LogP contribution in [0.15, 0.2) is 48.5 Å². The molecule has 45 heavy (non-hydrogen) atoms. The van der Waals surface area contributed by atoms with Gasteiger partial charge in [0.15, 0.2) is 0 Å². The lowest BCUT2D eigenvalue weighted by Crippen LogP contribution is -2.56. The number of ether oxygens (including phenoxy) is 2. The van der Waals surface area contributed by atoms with Gasteiger partial charge in [-0.05, 0) is 105 Å². The minimum atomic E-state index is -0.323. The van der Waals surface area contributed by atoms with E-state index in [0.717, 1.165) is 73.4 Å². The van der Waals surface area contributed by atoms with Crippen LogP contribution in [0.5, 0.6) is 5.75 Å². The van der Waals surface area contributed by atoms with Gasteiger partial charge in [-0.1, -0.05) is 12.1 Å². The summed E-state index contributed by atoms with van der Waals surface area (Å²) in [6, 6.07) is 16.7. The summed E-state index contributed by atoms with van der Waals surface area (Å²) >= 11 is 0. The Morgan fingerprint density at radius 2 is 1.42 bits per heavy atom. The van der Waals surface area contributed by atoms with E-state index in [1.54, 1.807) is 5.06 Å². The molecule has 7 aliphatic rings. The smallest absolute Gasteiger partial charge is 0.431 e. The average molecular weight is 615 g/mol. The molecule has 2 saturated heterocycles. The van der Waals surface area contributed by atoms with E-state index >= 15 is 0 Å². The topological polar surface area (TPSA) is 83.6 Å². The Hall–Kier alpha value is -3.46. The first-order valence-corrected chi connectivity index (χ1v) is 17.3. The monoisotopic (exact) mass is 614 g/mol. The van der Waals surface area contributed by atoms with E-state index in [4.69, 9.17) is 14.3 Å². The number of anilines is 3. The molecule has 1 N–H and O–H groups in total. The van der Waals surface area contributed by atoms with Crippen molar-refractivity contribution < 1.29 is 23.9 Å². The summed E-state index contributed by atoms with van der Waals surface area (Å²) in [5.74, 6) is 4.23. The van der Waals surface area contributed by atoms with Gasteiger partial charge in [0.25, 0.3) is 0 Å². The third kappa shape index (κ3) is 5.96. The van der Waals surface area contributed by atoms with Gasteiger partial charge < -0.3 is 29.4 Å². The van der Waals surface area contributed by atoms with Gasteiger partial charge in [-0.15, -0.1) is 0 Å². The number of nitrogens with one attached hydrogen (secondary N) is 1. The van der Waals surface area contributed by atoms with Crippen molar-refractivity contribution in [2.45, 2.75) is 69.9 Å². The van der Waals surface area contributed by atoms with Crippen LogP contribution in [-0.2, 0) is 14.4 Å². The van der Waals surface area contributed by atoms with Crippen molar-refractivity contribution in [2.24, 2.45) is 29.6 Å². The SMILES string of the molecule is O=C(NC1C2CC3CC(C2)CC1C3)ON1CCN(c2ccc(OC3CCN(C(=O)C4CCOCC4)CC3)cc2)c2ccccc21. The molecule has 0 spiro atoms. The fraction of sp³-hybridized carbons (Fsp3) is 0.611. The van der Waals surface area contributed by atoms with Crippen molar-refractivity contribution in [1.82, 2.24) is 10.2 Å². The van der Waals surface area contributed by atoms with E-state index < -0.39 is 0 Å². The summed E-state index contributed by atoms with van der Waals surface area (Å²) in [5.41, 5.74) is 2.98. The Morgan fingerprint density at radius 1 is 0.756 bits per heavy atom. The number of fused-ring (bicyclic) bond motifs is 1. The molecular weight excluding hydrogens is 568 g/mol. The standard InChI is InChI=1S/C36H46N4O5/c41-35(26-11-17-43-18-12-26)38-13-9-31(10-14-38)44-30-7-5-29(6-8-30)39-15-16-40(33-4-2-1-3-32(33)39)45-36(42)37-34-27-20-24-19-25(22-27)23-28(34)21-24/h1-8,24-28,31,34H,9-23H2,(H,37,42). The molecule has 2 amide bonds. The Morgan fingerprint density at radius 3 is 2.11 bits per heavy atom. The van der Waals surface area contributed by atoms with Crippen LogP contribution in [0.4, 0.5) is 21.9 Å². The fourth-order valence-electron chi connectivity index (χ4n) is 9.42. The van der Waals surface area contributed by atoms with E-state index in [1.165, 1.54) is 32.1 Å². The minimum absolute atomic E-state index is 0.112. The molecule has 2 aromatic carbocycles. The molecule has 6 fully saturated rings. The van der Waals surface area contributed by atoms with Crippen LogP contribution in [0.2, 0.25) is 0 Å². The van der Waals surface area contributed by atoms with Crippen LogP contribution in [0, 0.1) is 29.6 Å². The van der Waals surface area contributed by atoms with Crippen LogP contribution in [0.3, 0.4) is 0 Å². The first-order valence-electron chi connectivity index (χ1n) is 17.3. The number of hydrogen-bond acceptors (Lipinski definition) is 7. The van der Waals surface area contributed by atoms with Crippen LogP contribution in [0.25, 0.3) is 0 Å². The number of carbonyl (C=O) groups excluding carboxylic acids is 2. The largest absolute Gasteiger partial charge is 0.490 e. The van der Waals surface area contributed by atoms with Crippen LogP contribution in [0.1, 0.15) is 57.8 Å². The quantitative estimate of drug-likeness (QED) is 0.433. The van der Waals surface area contributed by atoms with Crippen LogP contribution < -0.4 is 20.0 Å². The highest BCUT2D eigenvalue weighted by molar-refractivity contribution is 5.80. The molecule has 3 aliphatic heterocycles. The molecule has 0 unspecified atom stereocenters. The third-order valence-corrected chi connectivity index (χ3v) is 11.4. The molecule has 2 aromatic rings. The number of piperidine rings is 1. The van der Waals surface area contributed by atoms with Crippen molar-refractivity contribution in [1.29, 1.82) is 0 Å². The maximum atomic E-state index is 13.2. The first kappa shape index (κ1) is 29.0. The molecule has 4 aliphatic carbocycles.